The van der Waals surface area contributed by atoms with Crippen LogP contribution < -0.4 is 0 Å². The van der Waals surface area contributed by atoms with Gasteiger partial charge in [-0.3, -0.25) is 0 Å². The highest BCUT2D eigenvalue weighted by Gasteiger charge is 2.45. The average Bonchev–Trinajstić information content (AvgIpc) is 3.13. The van der Waals surface area contributed by atoms with Crippen LogP contribution in [-0.4, -0.2) is 0 Å². The van der Waals surface area contributed by atoms with E-state index < -0.39 is 0 Å². The zero-order chi connectivity index (χ0) is 11.0. The van der Waals surface area contributed by atoms with Crippen LogP contribution in [0.15, 0.2) is 54.6 Å². The molecule has 0 heterocycles. The fourth-order valence-electron chi connectivity index (χ4n) is 2.40. The minimum Gasteiger partial charge on any atom is -0.0843 e. The molecule has 2 aromatic rings. The minimum absolute atomic E-state index is 0.270. The first-order valence-electron chi connectivity index (χ1n) is 5.63. The lowest BCUT2D eigenvalue weighted by atomic mass is 9.88. The molecule has 16 heavy (non-hydrogen) atoms. The highest BCUT2D eigenvalue weighted by Crippen LogP contribution is 2.53. The van der Waals surface area contributed by atoms with Crippen molar-refractivity contribution in [2.24, 2.45) is 0 Å². The van der Waals surface area contributed by atoms with Crippen LogP contribution in [-0.2, 0) is 5.41 Å². The Morgan fingerprint density at radius 3 is 1.88 bits per heavy atom. The molecule has 0 spiro atoms. The van der Waals surface area contributed by atoms with Gasteiger partial charge in [-0.1, -0.05) is 54.1 Å². The number of halogens is 1. The van der Waals surface area contributed by atoms with Crippen molar-refractivity contribution in [2.45, 2.75) is 18.3 Å². The maximum Gasteiger partial charge on any atom is 0.0406 e. The van der Waals surface area contributed by atoms with Gasteiger partial charge in [-0.05, 0) is 36.1 Å². The van der Waals surface area contributed by atoms with Crippen molar-refractivity contribution in [2.75, 3.05) is 0 Å². The summed E-state index contributed by atoms with van der Waals surface area (Å²) in [5.74, 6) is 0. The van der Waals surface area contributed by atoms with Crippen molar-refractivity contribution >= 4 is 11.6 Å². The van der Waals surface area contributed by atoms with Crippen LogP contribution in [0, 0.1) is 0 Å². The molecular formula is C15H13Cl. The molecule has 2 aromatic carbocycles. The Hall–Kier alpha value is -1.27. The fraction of sp³-hybridized carbons (Fsp3) is 0.200. The summed E-state index contributed by atoms with van der Waals surface area (Å²) in [5, 5.41) is 0.813. The summed E-state index contributed by atoms with van der Waals surface area (Å²) < 4.78 is 0. The maximum absolute atomic E-state index is 5.93. The highest BCUT2D eigenvalue weighted by atomic mass is 35.5. The Balaban J connectivity index is 2.03. The Labute approximate surface area is 101 Å². The second kappa shape index (κ2) is 3.64. The van der Waals surface area contributed by atoms with E-state index in [2.05, 4.69) is 42.5 Å². The van der Waals surface area contributed by atoms with E-state index in [-0.39, 0.29) is 5.41 Å². The Kier molecular flexibility index (Phi) is 2.26. The van der Waals surface area contributed by atoms with Gasteiger partial charge < -0.3 is 0 Å². The Morgan fingerprint density at radius 1 is 0.750 bits per heavy atom. The van der Waals surface area contributed by atoms with Crippen molar-refractivity contribution in [3.05, 3.63) is 70.7 Å². The molecule has 0 unspecified atom stereocenters. The number of hydrogen-bond donors (Lipinski definition) is 0. The molecule has 1 aliphatic carbocycles. The van der Waals surface area contributed by atoms with Crippen LogP contribution in [0.2, 0.25) is 5.02 Å². The van der Waals surface area contributed by atoms with E-state index >= 15 is 0 Å². The van der Waals surface area contributed by atoms with Crippen LogP contribution in [0.25, 0.3) is 0 Å². The van der Waals surface area contributed by atoms with E-state index in [9.17, 15) is 0 Å². The molecule has 1 saturated carbocycles. The van der Waals surface area contributed by atoms with Crippen molar-refractivity contribution in [1.82, 2.24) is 0 Å². The maximum atomic E-state index is 5.93. The Morgan fingerprint density at radius 2 is 1.31 bits per heavy atom. The number of benzene rings is 2. The van der Waals surface area contributed by atoms with Gasteiger partial charge in [0.2, 0.25) is 0 Å². The van der Waals surface area contributed by atoms with E-state index in [1.165, 1.54) is 24.0 Å². The molecule has 0 nitrogen and oxygen atoms in total. The van der Waals surface area contributed by atoms with Crippen LogP contribution in [0.1, 0.15) is 24.0 Å². The first-order chi connectivity index (χ1) is 7.81. The monoisotopic (exact) mass is 228 g/mol. The predicted octanol–water partition coefficient (Wildman–Crippen LogP) is 4.42. The summed E-state index contributed by atoms with van der Waals surface area (Å²) in [6.07, 6.45) is 2.50. The minimum atomic E-state index is 0.270. The van der Waals surface area contributed by atoms with Crippen molar-refractivity contribution in [3.8, 4) is 0 Å². The zero-order valence-corrected chi connectivity index (χ0v) is 9.74. The third-order valence-corrected chi connectivity index (χ3v) is 3.73. The van der Waals surface area contributed by atoms with Crippen LogP contribution in [0.4, 0.5) is 0 Å². The standard InChI is InChI=1S/C15H13Cl/c16-14-8-6-13(7-9-14)15(10-11-15)12-4-2-1-3-5-12/h1-9H,10-11H2. The van der Waals surface area contributed by atoms with Gasteiger partial charge in [0.15, 0.2) is 0 Å². The zero-order valence-electron chi connectivity index (χ0n) is 8.99. The van der Waals surface area contributed by atoms with E-state index in [1.54, 1.807) is 0 Å². The Bertz CT molecular complexity index is 481. The molecule has 0 radical (unpaired) electrons. The predicted molar refractivity (Wildman–Crippen MR) is 67.9 cm³/mol. The summed E-state index contributed by atoms with van der Waals surface area (Å²) in [6.45, 7) is 0. The lowest BCUT2D eigenvalue weighted by molar-refractivity contribution is 0.847. The molecule has 0 aromatic heterocycles. The first kappa shape index (κ1) is 9.92. The van der Waals surface area contributed by atoms with Crippen LogP contribution in [0.3, 0.4) is 0 Å². The summed E-state index contributed by atoms with van der Waals surface area (Å²) in [4.78, 5) is 0. The lowest BCUT2D eigenvalue weighted by Gasteiger charge is -2.16. The van der Waals surface area contributed by atoms with E-state index in [0.29, 0.717) is 0 Å². The second-order valence-electron chi connectivity index (χ2n) is 4.46. The van der Waals surface area contributed by atoms with Crippen LogP contribution >= 0.6 is 11.6 Å². The summed E-state index contributed by atoms with van der Waals surface area (Å²) in [5.41, 5.74) is 3.09. The molecule has 80 valence electrons. The van der Waals surface area contributed by atoms with E-state index in [1.807, 2.05) is 12.1 Å². The molecule has 0 aliphatic heterocycles. The largest absolute Gasteiger partial charge is 0.0843 e. The molecule has 0 amide bonds. The van der Waals surface area contributed by atoms with Gasteiger partial charge in [0, 0.05) is 10.4 Å². The third kappa shape index (κ3) is 1.54. The molecule has 0 saturated heterocycles. The van der Waals surface area contributed by atoms with Gasteiger partial charge in [0.25, 0.3) is 0 Å². The van der Waals surface area contributed by atoms with E-state index in [0.717, 1.165) is 5.02 Å². The normalized spacial score (nSPS) is 17.1. The fourth-order valence-corrected chi connectivity index (χ4v) is 2.52. The molecule has 1 heteroatoms. The lowest BCUT2D eigenvalue weighted by Crippen LogP contribution is -2.07. The third-order valence-electron chi connectivity index (χ3n) is 3.47. The molecule has 3 rings (SSSR count). The average molecular weight is 229 g/mol. The second-order valence-corrected chi connectivity index (χ2v) is 4.89. The SMILES string of the molecule is Clc1ccc(C2(c3ccccc3)CC2)cc1. The quantitative estimate of drug-likeness (QED) is 0.714. The van der Waals surface area contributed by atoms with Gasteiger partial charge in [-0.2, -0.15) is 0 Å². The van der Waals surface area contributed by atoms with Crippen molar-refractivity contribution < 1.29 is 0 Å². The van der Waals surface area contributed by atoms with Gasteiger partial charge in [-0.25, -0.2) is 0 Å². The number of rotatable bonds is 2. The van der Waals surface area contributed by atoms with E-state index in [4.69, 9.17) is 11.6 Å². The molecule has 0 N–H and O–H groups in total. The highest BCUT2D eigenvalue weighted by molar-refractivity contribution is 6.30. The smallest absolute Gasteiger partial charge is 0.0406 e. The summed E-state index contributed by atoms with van der Waals surface area (Å²) in [6, 6.07) is 19.0. The van der Waals surface area contributed by atoms with Gasteiger partial charge >= 0.3 is 0 Å². The van der Waals surface area contributed by atoms with Gasteiger partial charge in [-0.15, -0.1) is 0 Å². The van der Waals surface area contributed by atoms with Crippen molar-refractivity contribution in [3.63, 3.8) is 0 Å². The van der Waals surface area contributed by atoms with Crippen LogP contribution in [0.5, 0.6) is 0 Å². The molecule has 1 fully saturated rings. The van der Waals surface area contributed by atoms with Gasteiger partial charge in [0.1, 0.15) is 0 Å². The summed E-state index contributed by atoms with van der Waals surface area (Å²) in [7, 11) is 0. The molecule has 0 bridgehead atoms. The summed E-state index contributed by atoms with van der Waals surface area (Å²) >= 11 is 5.93. The first-order valence-corrected chi connectivity index (χ1v) is 6.01. The molecule has 0 atom stereocenters. The topological polar surface area (TPSA) is 0 Å². The number of hydrogen-bond acceptors (Lipinski definition) is 0. The van der Waals surface area contributed by atoms with Crippen molar-refractivity contribution in [1.29, 1.82) is 0 Å². The molecule has 1 aliphatic rings. The molecular weight excluding hydrogens is 216 g/mol. The van der Waals surface area contributed by atoms with Gasteiger partial charge in [0.05, 0.1) is 0 Å².